The van der Waals surface area contributed by atoms with Crippen LogP contribution in [0, 0.1) is 0 Å². The predicted molar refractivity (Wildman–Crippen MR) is 90.9 cm³/mol. The highest BCUT2D eigenvalue weighted by Gasteiger charge is 2.09. The molecule has 1 aromatic carbocycles. The number of hydrogen-bond acceptors (Lipinski definition) is 3. The van der Waals surface area contributed by atoms with Gasteiger partial charge in [0.25, 0.3) is 0 Å². The van der Waals surface area contributed by atoms with Gasteiger partial charge >= 0.3 is 0 Å². The molecule has 0 saturated heterocycles. The molecule has 0 unspecified atom stereocenters. The molecular formula is C18H32N2O. The Labute approximate surface area is 130 Å². The number of nitrogens with zero attached hydrogens (tertiary/aromatic N) is 1. The molecule has 0 spiro atoms. The molecule has 0 aromatic heterocycles. The van der Waals surface area contributed by atoms with E-state index in [1.54, 1.807) is 0 Å². The van der Waals surface area contributed by atoms with E-state index in [9.17, 15) is 0 Å². The van der Waals surface area contributed by atoms with Crippen molar-refractivity contribution < 1.29 is 4.74 Å². The third-order valence-corrected chi connectivity index (χ3v) is 3.92. The summed E-state index contributed by atoms with van der Waals surface area (Å²) in [5.41, 5.74) is 1.30. The van der Waals surface area contributed by atoms with Crippen LogP contribution in [-0.2, 0) is 6.54 Å². The maximum atomic E-state index is 5.83. The lowest BCUT2D eigenvalue weighted by Crippen LogP contribution is -2.33. The third kappa shape index (κ3) is 6.96. The first-order valence-corrected chi connectivity index (χ1v) is 8.22. The van der Waals surface area contributed by atoms with E-state index in [1.807, 2.05) is 0 Å². The van der Waals surface area contributed by atoms with Gasteiger partial charge < -0.3 is 15.0 Å². The van der Waals surface area contributed by atoms with Gasteiger partial charge in [-0.2, -0.15) is 0 Å². The Hall–Kier alpha value is -1.06. The molecule has 120 valence electrons. The summed E-state index contributed by atoms with van der Waals surface area (Å²) in [6.07, 6.45) is 2.40. The summed E-state index contributed by atoms with van der Waals surface area (Å²) in [6.45, 7) is 11.4. The van der Waals surface area contributed by atoms with E-state index in [1.165, 1.54) is 18.4 Å². The molecule has 3 heteroatoms. The molecule has 0 radical (unpaired) electrons. The van der Waals surface area contributed by atoms with E-state index in [-0.39, 0.29) is 0 Å². The van der Waals surface area contributed by atoms with Crippen molar-refractivity contribution in [2.75, 3.05) is 20.2 Å². The highest BCUT2D eigenvalue weighted by Crippen LogP contribution is 2.13. The summed E-state index contributed by atoms with van der Waals surface area (Å²) in [5, 5.41) is 3.42. The van der Waals surface area contributed by atoms with Crippen LogP contribution in [0.3, 0.4) is 0 Å². The lowest BCUT2D eigenvalue weighted by Gasteiger charge is -2.25. The number of ether oxygens (including phenoxy) is 1. The second kappa shape index (κ2) is 9.80. The highest BCUT2D eigenvalue weighted by molar-refractivity contribution is 5.27. The van der Waals surface area contributed by atoms with Crippen LogP contribution in [0.1, 0.15) is 46.1 Å². The third-order valence-electron chi connectivity index (χ3n) is 3.92. The van der Waals surface area contributed by atoms with Gasteiger partial charge in [0.1, 0.15) is 12.4 Å². The molecule has 0 fully saturated rings. The minimum Gasteiger partial charge on any atom is -0.492 e. The van der Waals surface area contributed by atoms with Gasteiger partial charge in [-0.3, -0.25) is 0 Å². The Kier molecular flexibility index (Phi) is 8.40. The molecule has 0 aliphatic heterocycles. The van der Waals surface area contributed by atoms with E-state index < -0.39 is 0 Å². The molecule has 0 aliphatic carbocycles. The van der Waals surface area contributed by atoms with Crippen LogP contribution in [0.15, 0.2) is 24.3 Å². The molecule has 0 saturated carbocycles. The molecule has 3 nitrogen and oxygen atoms in total. The Morgan fingerprint density at radius 2 is 1.71 bits per heavy atom. The van der Waals surface area contributed by atoms with Crippen molar-refractivity contribution in [2.45, 2.75) is 59.2 Å². The Morgan fingerprint density at radius 3 is 2.24 bits per heavy atom. The van der Waals surface area contributed by atoms with Crippen LogP contribution in [0.25, 0.3) is 0 Å². The van der Waals surface area contributed by atoms with Crippen LogP contribution in [0.4, 0.5) is 0 Å². The summed E-state index contributed by atoms with van der Waals surface area (Å²) in [5.74, 6) is 0.959. The van der Waals surface area contributed by atoms with Crippen molar-refractivity contribution in [3.63, 3.8) is 0 Å². The first kappa shape index (κ1) is 18.0. The maximum Gasteiger partial charge on any atom is 0.119 e. The molecular weight excluding hydrogens is 260 g/mol. The van der Waals surface area contributed by atoms with Gasteiger partial charge in [0.05, 0.1) is 0 Å². The summed E-state index contributed by atoms with van der Waals surface area (Å²) in [4.78, 5) is 2.39. The average molecular weight is 292 g/mol. The van der Waals surface area contributed by atoms with Crippen molar-refractivity contribution in [3.8, 4) is 5.75 Å². The van der Waals surface area contributed by atoms with Crippen LogP contribution in [0.2, 0.25) is 0 Å². The van der Waals surface area contributed by atoms with E-state index in [2.05, 4.69) is 69.2 Å². The fourth-order valence-electron chi connectivity index (χ4n) is 2.43. The van der Waals surface area contributed by atoms with Crippen molar-refractivity contribution in [2.24, 2.45) is 0 Å². The molecule has 0 atom stereocenters. The number of rotatable bonds is 10. The summed E-state index contributed by atoms with van der Waals surface area (Å²) in [7, 11) is 2.18. The Bertz CT molecular complexity index is 371. The van der Waals surface area contributed by atoms with Crippen molar-refractivity contribution in [1.82, 2.24) is 10.2 Å². The van der Waals surface area contributed by atoms with E-state index >= 15 is 0 Å². The molecule has 0 aliphatic rings. The summed E-state index contributed by atoms with van der Waals surface area (Å²) >= 11 is 0. The minimum absolute atomic E-state index is 0.515. The average Bonchev–Trinajstić information content (AvgIpc) is 2.47. The zero-order valence-corrected chi connectivity index (χ0v) is 14.4. The highest BCUT2D eigenvalue weighted by atomic mass is 16.5. The fourth-order valence-corrected chi connectivity index (χ4v) is 2.43. The van der Waals surface area contributed by atoms with Crippen molar-refractivity contribution in [1.29, 1.82) is 0 Å². The quantitative estimate of drug-likeness (QED) is 0.712. The first-order chi connectivity index (χ1) is 10.1. The number of benzene rings is 1. The monoisotopic (exact) mass is 292 g/mol. The van der Waals surface area contributed by atoms with E-state index in [0.29, 0.717) is 12.1 Å². The van der Waals surface area contributed by atoms with Gasteiger partial charge in [-0.05, 0) is 37.6 Å². The topological polar surface area (TPSA) is 24.5 Å². The van der Waals surface area contributed by atoms with Gasteiger partial charge in [-0.1, -0.05) is 39.8 Å². The van der Waals surface area contributed by atoms with E-state index in [0.717, 1.165) is 25.4 Å². The van der Waals surface area contributed by atoms with E-state index in [4.69, 9.17) is 4.74 Å². The zero-order valence-electron chi connectivity index (χ0n) is 14.4. The smallest absolute Gasteiger partial charge is 0.119 e. The van der Waals surface area contributed by atoms with Crippen LogP contribution < -0.4 is 10.1 Å². The summed E-state index contributed by atoms with van der Waals surface area (Å²) < 4.78 is 5.83. The molecule has 1 aromatic rings. The molecule has 21 heavy (non-hydrogen) atoms. The largest absolute Gasteiger partial charge is 0.492 e. The van der Waals surface area contributed by atoms with Crippen molar-refractivity contribution in [3.05, 3.63) is 29.8 Å². The Morgan fingerprint density at radius 1 is 1.10 bits per heavy atom. The molecule has 0 bridgehead atoms. The maximum absolute atomic E-state index is 5.83. The second-order valence-electron chi connectivity index (χ2n) is 5.98. The van der Waals surface area contributed by atoms with Crippen LogP contribution >= 0.6 is 0 Å². The molecule has 0 heterocycles. The minimum atomic E-state index is 0.515. The number of likely N-dealkylation sites (N-methyl/N-ethyl adjacent to an activating group) is 1. The zero-order chi connectivity index (χ0) is 15.7. The van der Waals surface area contributed by atoms with Crippen LogP contribution in [0.5, 0.6) is 5.75 Å². The standard InChI is InChI=1S/C18H32N2O/c1-6-17(7-2)20(5)12-13-21-18-10-8-16(9-11-18)14-19-15(3)4/h8-11,15,17,19H,6-7,12-14H2,1-5H3. The second-order valence-corrected chi connectivity index (χ2v) is 5.98. The first-order valence-electron chi connectivity index (χ1n) is 8.22. The molecule has 0 amide bonds. The van der Waals surface area contributed by atoms with Gasteiger partial charge in [0.2, 0.25) is 0 Å². The van der Waals surface area contributed by atoms with Gasteiger partial charge in [0, 0.05) is 25.2 Å². The van der Waals surface area contributed by atoms with Gasteiger partial charge in [-0.25, -0.2) is 0 Å². The lowest BCUT2D eigenvalue weighted by molar-refractivity contribution is 0.183. The van der Waals surface area contributed by atoms with Gasteiger partial charge in [-0.15, -0.1) is 0 Å². The Balaban J connectivity index is 2.32. The predicted octanol–water partition coefficient (Wildman–Crippen LogP) is 3.68. The SMILES string of the molecule is CCC(CC)N(C)CCOc1ccc(CNC(C)C)cc1. The van der Waals surface area contributed by atoms with Crippen molar-refractivity contribution >= 4 is 0 Å². The van der Waals surface area contributed by atoms with Gasteiger partial charge in [0.15, 0.2) is 0 Å². The number of hydrogen-bond donors (Lipinski definition) is 1. The van der Waals surface area contributed by atoms with Crippen LogP contribution in [-0.4, -0.2) is 37.2 Å². The fraction of sp³-hybridized carbons (Fsp3) is 0.667. The summed E-state index contributed by atoms with van der Waals surface area (Å²) in [6, 6.07) is 9.58. The molecule has 1 N–H and O–H groups in total. The number of nitrogens with one attached hydrogen (secondary N) is 1. The normalized spacial score (nSPS) is 11.6. The molecule has 1 rings (SSSR count). The lowest BCUT2D eigenvalue weighted by atomic mass is 10.1.